The minimum absolute atomic E-state index is 0.0278. The molecule has 0 saturated carbocycles. The predicted octanol–water partition coefficient (Wildman–Crippen LogP) is 24.8. The Morgan fingerprint density at radius 1 is 0.304 bits per heavy atom. The average Bonchev–Trinajstić information content (AvgIpc) is 1.69. The van der Waals surface area contributed by atoms with E-state index < -0.39 is 84.0 Å². The van der Waals surface area contributed by atoms with E-state index in [1.165, 1.54) is 0 Å². The molecule has 16 rings (SSSR count). The van der Waals surface area contributed by atoms with Gasteiger partial charge in [-0.3, -0.25) is 4.98 Å². The Morgan fingerprint density at radius 3 is 1.21 bits per heavy atom. The molecule has 0 aliphatic carbocycles. The van der Waals surface area contributed by atoms with Gasteiger partial charge in [0.05, 0.1) is 40.2 Å². The van der Waals surface area contributed by atoms with Gasteiger partial charge in [0.25, 0.3) is 6.71 Å². The van der Waals surface area contributed by atoms with Crippen molar-refractivity contribution >= 4 is 79.0 Å². The summed E-state index contributed by atoms with van der Waals surface area (Å²) in [5, 5.41) is -0.103. The molecule has 0 unspecified atom stereocenters. The maximum Gasteiger partial charge on any atom is 0.252 e. The molecule has 0 N–H and O–H groups in total. The van der Waals surface area contributed by atoms with E-state index in [4.69, 9.17) is 9.10 Å². The van der Waals surface area contributed by atoms with Crippen LogP contribution in [0.4, 0.5) is 34.1 Å². The molecule has 14 aromatic rings. The molecule has 12 aromatic carbocycles. The first-order valence-corrected chi connectivity index (χ1v) is 35.5. The highest BCUT2D eigenvalue weighted by Crippen LogP contribution is 2.56. The number of anilines is 6. The van der Waals surface area contributed by atoms with Gasteiger partial charge in [0, 0.05) is 83.7 Å². The third-order valence-corrected chi connectivity index (χ3v) is 20.5. The van der Waals surface area contributed by atoms with E-state index in [0.717, 1.165) is 123 Å². The average molecular weight is 1340 g/mol. The molecule has 0 saturated heterocycles. The zero-order chi connectivity index (χ0) is 82.3. The Morgan fingerprint density at radius 2 is 0.716 bits per heavy atom. The summed E-state index contributed by atoms with van der Waals surface area (Å²) in [5.41, 5.74) is 19.7. The van der Waals surface area contributed by atoms with E-state index >= 15 is 0 Å². The summed E-state index contributed by atoms with van der Waals surface area (Å²) in [4.78, 5) is 10.2. The molecule has 0 radical (unpaired) electrons. The van der Waals surface area contributed by atoms with Crippen molar-refractivity contribution in [1.82, 2.24) is 9.55 Å². The largest absolute Gasteiger partial charge is 0.310 e. The molecule has 2 aliphatic rings. The number of hydrogen-bond acceptors (Lipinski definition) is 3. The quantitative estimate of drug-likeness (QED) is 0.135. The van der Waals surface area contributed by atoms with E-state index in [0.29, 0.717) is 22.6 Å². The fraction of sp³-hybridized carbons (Fsp3) is 0.206. The summed E-state index contributed by atoms with van der Waals surface area (Å²) in [6, 6.07) is 64.2. The van der Waals surface area contributed by atoms with Gasteiger partial charge in [-0.05, 0) is 161 Å². The Kier molecular flexibility index (Phi) is 12.6. The number of nitrogens with zero attached hydrogens (tertiary/aromatic N) is 4. The second-order valence-electron chi connectivity index (χ2n) is 32.7. The van der Waals surface area contributed by atoms with Crippen LogP contribution in [-0.2, 0) is 27.1 Å². The molecule has 0 bridgehead atoms. The van der Waals surface area contributed by atoms with Crippen molar-refractivity contribution in [3.8, 4) is 72.4 Å². The molecular weight excluding hydrogens is 1230 g/mol. The third-order valence-electron chi connectivity index (χ3n) is 20.5. The van der Waals surface area contributed by atoms with Crippen molar-refractivity contribution in [2.45, 2.75) is 131 Å². The van der Waals surface area contributed by atoms with Crippen LogP contribution in [0.3, 0.4) is 0 Å². The first kappa shape index (κ1) is 52.3. The Hall–Kier alpha value is -10.7. The summed E-state index contributed by atoms with van der Waals surface area (Å²) in [7, 11) is 0. The number of para-hydroxylation sites is 3. The second-order valence-corrected chi connectivity index (χ2v) is 32.7. The van der Waals surface area contributed by atoms with Gasteiger partial charge in [-0.15, -0.1) is 0 Å². The van der Waals surface area contributed by atoms with E-state index in [2.05, 4.69) is 259 Å². The summed E-state index contributed by atoms with van der Waals surface area (Å²) in [6.45, 7) is 32.5. The lowest BCUT2D eigenvalue weighted by Gasteiger charge is -2.46. The minimum atomic E-state index is -0.721. The lowest BCUT2D eigenvalue weighted by atomic mass is 9.33. The van der Waals surface area contributed by atoms with Crippen molar-refractivity contribution in [2.24, 2.45) is 0 Å². The maximum absolute atomic E-state index is 9.92. The zero-order valence-corrected chi connectivity index (χ0v) is 60.9. The van der Waals surface area contributed by atoms with Crippen LogP contribution in [0.5, 0.6) is 0 Å². The molecule has 502 valence electrons. The highest BCUT2D eigenvalue weighted by Gasteiger charge is 2.46. The molecule has 4 nitrogen and oxygen atoms in total. The van der Waals surface area contributed by atoms with Gasteiger partial charge in [0.15, 0.2) is 0 Å². The lowest BCUT2D eigenvalue weighted by Crippen LogP contribution is -2.61. The molecule has 5 heteroatoms. The Balaban J connectivity index is 1.18. The first-order valence-electron chi connectivity index (χ1n) is 42.0. The van der Waals surface area contributed by atoms with Gasteiger partial charge < -0.3 is 14.4 Å². The molecule has 4 heterocycles. The van der Waals surface area contributed by atoms with Gasteiger partial charge in [-0.1, -0.05) is 316 Å². The Bertz CT molecular complexity index is 6190. The molecule has 0 spiro atoms. The van der Waals surface area contributed by atoms with Gasteiger partial charge in [-0.25, -0.2) is 0 Å². The SMILES string of the molecule is [2H]c1c([2H])c([2H])c(-c2ccc3c(c2)N(c2c(-c4ccccc4)cc(C(C)(C)C)cc2-c2ccccc2)c2cc(-c4cc(C(C)(C)C)cc(C(C)(C)C)c4)cc4c2B3c2ccc(-n3c5c([2H])c([2H])c([2H])c([2H])c5c5c([2H])c([2H])c([2H])c([2H])c53)cc2N4c2c(-c3ccccc3)cccc2-c2cc(C(C)(C)C)nc(C(C)(C)C)c2)c([2H])c1[2H]. The topological polar surface area (TPSA) is 24.3 Å². The van der Waals surface area contributed by atoms with Crippen LogP contribution < -0.4 is 26.2 Å². The number of rotatable bonds is 9. The maximum atomic E-state index is 9.92. The van der Waals surface area contributed by atoms with Gasteiger partial charge in [-0.2, -0.15) is 0 Å². The monoisotopic (exact) mass is 1340 g/mol. The van der Waals surface area contributed by atoms with Crippen molar-refractivity contribution in [1.29, 1.82) is 0 Å². The van der Waals surface area contributed by atoms with E-state index in [-0.39, 0.29) is 55.7 Å². The summed E-state index contributed by atoms with van der Waals surface area (Å²) >= 11 is 0. The van der Waals surface area contributed by atoms with Crippen molar-refractivity contribution in [2.75, 3.05) is 9.80 Å². The molecule has 0 amide bonds. The summed E-state index contributed by atoms with van der Waals surface area (Å²) in [5.74, 6) is 0. The molecule has 0 fully saturated rings. The highest BCUT2D eigenvalue weighted by atomic mass is 15.2. The number of fused-ring (bicyclic) bond motifs is 7. The molecule has 2 aliphatic heterocycles. The summed E-state index contributed by atoms with van der Waals surface area (Å²) in [6.07, 6.45) is 0. The zero-order valence-electron chi connectivity index (χ0n) is 73.9. The predicted molar refractivity (Wildman–Crippen MR) is 439 cm³/mol. The number of aromatic nitrogens is 2. The fourth-order valence-electron chi connectivity index (χ4n) is 15.0. The summed E-state index contributed by atoms with van der Waals surface area (Å²) < 4.78 is 124. The standard InChI is InChI=1S/C97H91BN4/c1-93(2,3)70-51-67(52-71(58-70)94(4,5)6)68-54-86-90-87(55-68)102(91-74(63-35-22-17-23-36-63)43-32-44-75(91)69-56-88(96(10,11)12)99-89(57-69)97(13,14)15)85-61-73(100-82-45-30-28-41-76(82)77-42-29-31-46-83(77)100)48-50-81(85)98(90)80-49-47-66(62-33-20-16-21-34-62)53-84(80)101(86)92-78(64-37-24-18-25-38-64)59-72(95(7,8)9)60-79(92)65-39-26-19-27-40-65/h16-61H,1-15H3/i16D,20D,21D,28D,29D,30D,31D,33D,34D,41D,42D,45D,46D. The fourth-order valence-corrected chi connectivity index (χ4v) is 15.0. The molecule has 2 aromatic heterocycles. The normalized spacial score (nSPS) is 15.0. The third kappa shape index (κ3) is 11.6. The van der Waals surface area contributed by atoms with Crippen LogP contribution >= 0.6 is 0 Å². The van der Waals surface area contributed by atoms with Gasteiger partial charge in [0.1, 0.15) is 0 Å². The van der Waals surface area contributed by atoms with Gasteiger partial charge >= 0.3 is 0 Å². The number of benzene rings is 12. The number of pyridine rings is 1. The van der Waals surface area contributed by atoms with E-state index in [9.17, 15) is 13.7 Å². The Labute approximate surface area is 623 Å². The smallest absolute Gasteiger partial charge is 0.252 e. The van der Waals surface area contributed by atoms with Crippen LogP contribution in [0.25, 0.3) is 94.3 Å². The van der Waals surface area contributed by atoms with Crippen LogP contribution in [0, 0.1) is 0 Å². The van der Waals surface area contributed by atoms with Crippen molar-refractivity contribution < 1.29 is 17.8 Å². The second kappa shape index (κ2) is 24.5. The highest BCUT2D eigenvalue weighted by molar-refractivity contribution is 7.00. The van der Waals surface area contributed by atoms with E-state index in [1.807, 2.05) is 54.6 Å². The van der Waals surface area contributed by atoms with Crippen LogP contribution in [0.1, 0.15) is 150 Å². The van der Waals surface area contributed by atoms with Crippen LogP contribution in [0.15, 0.2) is 279 Å². The van der Waals surface area contributed by atoms with Crippen LogP contribution in [-0.4, -0.2) is 16.3 Å². The van der Waals surface area contributed by atoms with Gasteiger partial charge in [0.2, 0.25) is 0 Å². The van der Waals surface area contributed by atoms with E-state index in [1.54, 1.807) is 4.57 Å². The lowest BCUT2D eigenvalue weighted by molar-refractivity contribution is 0.531. The first-order chi connectivity index (χ1) is 54.1. The van der Waals surface area contributed by atoms with Crippen LogP contribution in [0.2, 0.25) is 0 Å². The van der Waals surface area contributed by atoms with Crippen molar-refractivity contribution in [3.05, 3.63) is 307 Å². The molecular formula is C97H91BN4. The van der Waals surface area contributed by atoms with Crippen molar-refractivity contribution in [3.63, 3.8) is 0 Å². The number of hydrogen-bond donors (Lipinski definition) is 0. The molecule has 0 atom stereocenters. The molecule has 102 heavy (non-hydrogen) atoms. The minimum Gasteiger partial charge on any atom is -0.310 e.